The van der Waals surface area contributed by atoms with Crippen molar-refractivity contribution in [1.29, 1.82) is 0 Å². The van der Waals surface area contributed by atoms with E-state index in [1.807, 2.05) is 11.6 Å². The average Bonchev–Trinajstić information content (AvgIpc) is 3.00. The minimum atomic E-state index is -3.56. The molecule has 1 fully saturated rings. The van der Waals surface area contributed by atoms with Gasteiger partial charge in [0.2, 0.25) is 15.9 Å². The second-order valence-electron chi connectivity index (χ2n) is 6.35. The topological polar surface area (TPSA) is 93.5 Å². The summed E-state index contributed by atoms with van der Waals surface area (Å²) in [4.78, 5) is 16.5. The number of amides is 1. The summed E-state index contributed by atoms with van der Waals surface area (Å²) in [5.41, 5.74) is 1.44. The quantitative estimate of drug-likeness (QED) is 0.705. The number of hydrogen-bond donors (Lipinski definition) is 1. The fraction of sp³-hybridized carbons (Fsp3) is 0.444. The number of aromatic nitrogens is 2. The highest BCUT2D eigenvalue weighted by Gasteiger charge is 2.27. The van der Waals surface area contributed by atoms with Gasteiger partial charge in [-0.1, -0.05) is 6.08 Å². The number of rotatable bonds is 7. The Morgan fingerprint density at radius 1 is 1.37 bits per heavy atom. The summed E-state index contributed by atoms with van der Waals surface area (Å²) >= 11 is 0. The molecule has 3 rings (SSSR count). The molecule has 0 saturated carbocycles. The number of nitrogens with zero attached hydrogens (tertiary/aromatic N) is 3. The maximum atomic E-state index is 12.8. The van der Waals surface area contributed by atoms with Gasteiger partial charge in [-0.15, -0.1) is 6.58 Å². The molecular weight excluding hydrogens is 368 g/mol. The molecular formula is C18H24N4O4S. The molecule has 0 unspecified atom stereocenters. The fourth-order valence-electron chi connectivity index (χ4n) is 3.05. The predicted octanol–water partition coefficient (Wildman–Crippen LogP) is 0.829. The zero-order valence-corrected chi connectivity index (χ0v) is 16.2. The Hall–Kier alpha value is -2.23. The van der Waals surface area contributed by atoms with Crippen molar-refractivity contribution < 1.29 is 17.9 Å². The van der Waals surface area contributed by atoms with Crippen LogP contribution in [0.25, 0.3) is 11.0 Å². The number of imidazole rings is 1. The second kappa shape index (κ2) is 8.20. The Balaban J connectivity index is 1.81. The van der Waals surface area contributed by atoms with Crippen LogP contribution in [-0.2, 0) is 33.0 Å². The molecule has 1 aliphatic rings. The van der Waals surface area contributed by atoms with Crippen LogP contribution in [0.15, 0.2) is 35.7 Å². The summed E-state index contributed by atoms with van der Waals surface area (Å²) in [5, 5.41) is 2.73. The van der Waals surface area contributed by atoms with Crippen LogP contribution in [0.5, 0.6) is 0 Å². The lowest BCUT2D eigenvalue weighted by molar-refractivity contribution is -0.120. The first-order valence-corrected chi connectivity index (χ1v) is 10.3. The third-order valence-corrected chi connectivity index (χ3v) is 6.47. The van der Waals surface area contributed by atoms with Gasteiger partial charge in [-0.2, -0.15) is 4.31 Å². The summed E-state index contributed by atoms with van der Waals surface area (Å²) < 4.78 is 34.2. The van der Waals surface area contributed by atoms with E-state index < -0.39 is 10.0 Å². The van der Waals surface area contributed by atoms with Crippen LogP contribution in [0.3, 0.4) is 0 Å². The highest BCUT2D eigenvalue weighted by atomic mass is 32.2. The van der Waals surface area contributed by atoms with Gasteiger partial charge in [0.15, 0.2) is 0 Å². The van der Waals surface area contributed by atoms with Gasteiger partial charge >= 0.3 is 0 Å². The Bertz CT molecular complexity index is 946. The van der Waals surface area contributed by atoms with Gasteiger partial charge in [-0.3, -0.25) is 4.79 Å². The number of fused-ring (bicyclic) bond motifs is 1. The summed E-state index contributed by atoms with van der Waals surface area (Å²) in [6.45, 7) is 5.52. The van der Waals surface area contributed by atoms with Crippen molar-refractivity contribution in [2.75, 3.05) is 32.8 Å². The summed E-state index contributed by atoms with van der Waals surface area (Å²) in [6, 6.07) is 4.97. The molecule has 0 bridgehead atoms. The third-order valence-electron chi connectivity index (χ3n) is 4.57. The molecule has 0 radical (unpaired) electrons. The lowest BCUT2D eigenvalue weighted by Gasteiger charge is -2.26. The maximum absolute atomic E-state index is 12.8. The van der Waals surface area contributed by atoms with Gasteiger partial charge in [-0.25, -0.2) is 13.4 Å². The SMILES string of the molecule is C=CCNC(=O)CCc1nc2cc(S(=O)(=O)N3CCOCC3)ccc2n1C. The van der Waals surface area contributed by atoms with Crippen molar-refractivity contribution in [2.45, 2.75) is 17.7 Å². The molecule has 9 heteroatoms. The van der Waals surface area contributed by atoms with Crippen molar-refractivity contribution in [2.24, 2.45) is 7.05 Å². The first kappa shape index (κ1) is 19.5. The van der Waals surface area contributed by atoms with E-state index in [1.54, 1.807) is 24.3 Å². The molecule has 1 amide bonds. The average molecular weight is 392 g/mol. The highest BCUT2D eigenvalue weighted by Crippen LogP contribution is 2.23. The van der Waals surface area contributed by atoms with Crippen LogP contribution in [0, 0.1) is 0 Å². The van der Waals surface area contributed by atoms with Crippen molar-refractivity contribution in [3.05, 3.63) is 36.7 Å². The number of nitrogens with one attached hydrogen (secondary N) is 1. The molecule has 1 aromatic carbocycles. The first-order chi connectivity index (χ1) is 12.9. The normalized spacial score (nSPS) is 15.7. The van der Waals surface area contributed by atoms with Gasteiger partial charge in [-0.05, 0) is 18.2 Å². The van der Waals surface area contributed by atoms with Crippen LogP contribution < -0.4 is 5.32 Å². The molecule has 1 N–H and O–H groups in total. The number of carbonyl (C=O) groups is 1. The van der Waals surface area contributed by atoms with E-state index in [1.165, 1.54) is 4.31 Å². The highest BCUT2D eigenvalue weighted by molar-refractivity contribution is 7.89. The fourth-order valence-corrected chi connectivity index (χ4v) is 4.48. The summed E-state index contributed by atoms with van der Waals surface area (Å²) in [6.07, 6.45) is 2.41. The van der Waals surface area contributed by atoms with E-state index in [2.05, 4.69) is 16.9 Å². The number of sulfonamides is 1. The smallest absolute Gasteiger partial charge is 0.243 e. The standard InChI is InChI=1S/C18H24N4O4S/c1-3-8-19-18(23)7-6-17-20-15-13-14(4-5-16(15)21(17)2)27(24,25)22-9-11-26-12-10-22/h3-5,13H,1,6-12H2,2H3,(H,19,23). The van der Waals surface area contributed by atoms with Crippen LogP contribution in [0.1, 0.15) is 12.2 Å². The van der Waals surface area contributed by atoms with E-state index >= 15 is 0 Å². The lowest BCUT2D eigenvalue weighted by Crippen LogP contribution is -2.40. The van der Waals surface area contributed by atoms with Crippen molar-refractivity contribution in [1.82, 2.24) is 19.2 Å². The molecule has 1 aliphatic heterocycles. The number of hydrogen-bond acceptors (Lipinski definition) is 5. The maximum Gasteiger partial charge on any atom is 0.243 e. The van der Waals surface area contributed by atoms with Gasteiger partial charge in [0.25, 0.3) is 0 Å². The molecule has 27 heavy (non-hydrogen) atoms. The number of aryl methyl sites for hydroxylation is 2. The first-order valence-electron chi connectivity index (χ1n) is 8.84. The Kier molecular flexibility index (Phi) is 5.93. The Labute approximate surface area is 158 Å². The molecule has 1 saturated heterocycles. The van der Waals surface area contributed by atoms with Gasteiger partial charge < -0.3 is 14.6 Å². The van der Waals surface area contributed by atoms with E-state index in [-0.39, 0.29) is 10.8 Å². The van der Waals surface area contributed by atoms with E-state index in [4.69, 9.17) is 4.74 Å². The van der Waals surface area contributed by atoms with Crippen LogP contribution in [0.4, 0.5) is 0 Å². The molecule has 146 valence electrons. The summed E-state index contributed by atoms with van der Waals surface area (Å²) in [7, 11) is -1.70. The van der Waals surface area contributed by atoms with Crippen molar-refractivity contribution >= 4 is 27.0 Å². The number of benzene rings is 1. The number of ether oxygens (including phenoxy) is 1. The van der Waals surface area contributed by atoms with Crippen molar-refractivity contribution in [3.8, 4) is 0 Å². The molecule has 2 heterocycles. The van der Waals surface area contributed by atoms with E-state index in [0.29, 0.717) is 51.2 Å². The number of carbonyl (C=O) groups excluding carboxylic acids is 1. The largest absolute Gasteiger partial charge is 0.379 e. The van der Waals surface area contributed by atoms with Crippen LogP contribution in [0.2, 0.25) is 0 Å². The van der Waals surface area contributed by atoms with Gasteiger partial charge in [0.05, 0.1) is 29.1 Å². The third kappa shape index (κ3) is 4.20. The van der Waals surface area contributed by atoms with Crippen LogP contribution >= 0.6 is 0 Å². The zero-order valence-electron chi connectivity index (χ0n) is 15.3. The number of morpholine rings is 1. The minimum absolute atomic E-state index is 0.0717. The van der Waals surface area contributed by atoms with E-state index in [0.717, 1.165) is 11.3 Å². The minimum Gasteiger partial charge on any atom is -0.379 e. The molecule has 1 aromatic heterocycles. The zero-order chi connectivity index (χ0) is 19.4. The second-order valence-corrected chi connectivity index (χ2v) is 8.28. The monoisotopic (exact) mass is 392 g/mol. The predicted molar refractivity (Wildman–Crippen MR) is 102 cm³/mol. The Morgan fingerprint density at radius 3 is 2.81 bits per heavy atom. The van der Waals surface area contributed by atoms with Crippen molar-refractivity contribution in [3.63, 3.8) is 0 Å². The van der Waals surface area contributed by atoms with Crippen LogP contribution in [-0.4, -0.2) is 61.0 Å². The molecule has 2 aromatic rings. The van der Waals surface area contributed by atoms with Gasteiger partial charge in [0, 0.05) is 39.5 Å². The molecule has 0 atom stereocenters. The van der Waals surface area contributed by atoms with E-state index in [9.17, 15) is 13.2 Å². The lowest BCUT2D eigenvalue weighted by atomic mass is 10.3. The molecule has 8 nitrogen and oxygen atoms in total. The molecule has 0 spiro atoms. The molecule has 0 aliphatic carbocycles. The Morgan fingerprint density at radius 2 is 2.11 bits per heavy atom. The van der Waals surface area contributed by atoms with Gasteiger partial charge in [0.1, 0.15) is 5.82 Å². The summed E-state index contributed by atoms with van der Waals surface area (Å²) in [5.74, 6) is 0.664.